The van der Waals surface area contributed by atoms with Crippen molar-refractivity contribution in [3.63, 3.8) is 0 Å². The molecule has 0 aliphatic carbocycles. The van der Waals surface area contributed by atoms with E-state index < -0.39 is 29.8 Å². The van der Waals surface area contributed by atoms with Crippen molar-refractivity contribution in [3.05, 3.63) is 151 Å². The van der Waals surface area contributed by atoms with Crippen LogP contribution in [0.3, 0.4) is 0 Å². The van der Waals surface area contributed by atoms with Crippen molar-refractivity contribution in [2.75, 3.05) is 52.7 Å². The average Bonchev–Trinajstić information content (AvgIpc) is 4.32. The Morgan fingerprint density at radius 3 is 1.54 bits per heavy atom. The summed E-state index contributed by atoms with van der Waals surface area (Å²) in [4.78, 5) is 0.501. The minimum Gasteiger partial charge on any atom is -0.492 e. The number of hydrogen-bond acceptors (Lipinski definition) is 14. The number of ether oxygens (including phenoxy) is 3. The lowest BCUT2D eigenvalue weighted by atomic mass is 10.1. The van der Waals surface area contributed by atoms with Crippen molar-refractivity contribution in [3.8, 4) is 11.5 Å². The largest absolute Gasteiger partial charge is 0.492 e. The van der Waals surface area contributed by atoms with Gasteiger partial charge in [0.15, 0.2) is 10.1 Å². The van der Waals surface area contributed by atoms with Gasteiger partial charge in [0.1, 0.15) is 31.3 Å². The molecule has 0 atom stereocenters. The fourth-order valence-corrected chi connectivity index (χ4v) is 12.1. The molecule has 1 saturated heterocycles. The van der Waals surface area contributed by atoms with Gasteiger partial charge in [-0.25, -0.2) is 16.8 Å². The zero-order chi connectivity index (χ0) is 54.0. The Balaban J connectivity index is 0.000000189. The molecule has 0 radical (unpaired) electrons. The third kappa shape index (κ3) is 14.6. The van der Waals surface area contributed by atoms with Gasteiger partial charge in [-0.2, -0.15) is 18.6 Å². The number of H-pyrrole nitrogens is 2. The van der Waals surface area contributed by atoms with E-state index in [-0.39, 0.29) is 38.0 Å². The number of nitrogens with two attached hydrogens (primary N) is 1. The molecule has 5 N–H and O–H groups in total. The molecular weight excluding hydrogens is 1020 g/mol. The molecule has 402 valence electrons. The number of fused-ring (bicyclic) bond motifs is 4. The lowest BCUT2D eigenvalue weighted by Gasteiger charge is -2.09. The average molecular weight is 1090 g/mol. The molecule has 1 aliphatic heterocycles. The highest BCUT2D eigenvalue weighted by Crippen LogP contribution is 2.34. The van der Waals surface area contributed by atoms with E-state index in [1.807, 2.05) is 61.5 Å². The van der Waals surface area contributed by atoms with Crippen LogP contribution in [0.5, 0.6) is 11.5 Å². The Morgan fingerprint density at radius 1 is 0.566 bits per heavy atom. The van der Waals surface area contributed by atoms with E-state index in [2.05, 4.69) is 39.6 Å². The van der Waals surface area contributed by atoms with Crippen LogP contribution >= 0.6 is 0 Å². The second-order valence-electron chi connectivity index (χ2n) is 17.8. The van der Waals surface area contributed by atoms with E-state index in [9.17, 15) is 25.3 Å². The van der Waals surface area contributed by atoms with Crippen molar-refractivity contribution < 1.29 is 43.6 Å². The van der Waals surface area contributed by atoms with Crippen LogP contribution in [0.2, 0.25) is 0 Å². The van der Waals surface area contributed by atoms with E-state index in [4.69, 9.17) is 24.1 Å². The minimum absolute atomic E-state index is 0.0440. The predicted molar refractivity (Wildman–Crippen MR) is 298 cm³/mol. The van der Waals surface area contributed by atoms with E-state index in [1.54, 1.807) is 78.9 Å². The molecule has 1 fully saturated rings. The Kier molecular flexibility index (Phi) is 20.5. The number of nitrogens with zero attached hydrogens (tertiary/aromatic N) is 2. The van der Waals surface area contributed by atoms with Crippen LogP contribution in [0, 0.1) is 6.92 Å². The number of aromatic amines is 2. The number of aryl methyl sites for hydroxylation is 1. The predicted octanol–water partition coefficient (Wildman–Crippen LogP) is 10.5. The molecule has 0 spiro atoms. The quantitative estimate of drug-likeness (QED) is 0.0436. The van der Waals surface area contributed by atoms with Gasteiger partial charge >= 0.3 is 0 Å². The Hall–Kier alpha value is -6.71. The summed E-state index contributed by atoms with van der Waals surface area (Å²) in [6.07, 6.45) is 7.23. The maximum absolute atomic E-state index is 13.6. The summed E-state index contributed by atoms with van der Waals surface area (Å²) in [5.41, 5.74) is 7.12. The maximum atomic E-state index is 13.6. The molecule has 0 bridgehead atoms. The number of sulfone groups is 2. The van der Waals surface area contributed by atoms with Gasteiger partial charge in [-0.1, -0.05) is 117 Å². The van der Waals surface area contributed by atoms with Gasteiger partial charge in [-0.15, -0.1) is 0 Å². The summed E-state index contributed by atoms with van der Waals surface area (Å²) in [5, 5.41) is 21.0. The van der Waals surface area contributed by atoms with Gasteiger partial charge in [-0.05, 0) is 117 Å². The summed E-state index contributed by atoms with van der Waals surface area (Å²) in [6.45, 7) is 10.9. The van der Waals surface area contributed by atoms with E-state index in [0.717, 1.165) is 62.0 Å². The smallest absolute Gasteiger partial charge is 0.297 e. The van der Waals surface area contributed by atoms with Crippen LogP contribution in [-0.2, 0) is 38.7 Å². The number of unbranched alkanes of at least 4 members (excludes halogenated alkanes) is 2. The van der Waals surface area contributed by atoms with Gasteiger partial charge in [-0.3, -0.25) is 14.4 Å². The molecule has 16 nitrogen and oxygen atoms in total. The van der Waals surface area contributed by atoms with E-state index in [0.29, 0.717) is 50.7 Å². The van der Waals surface area contributed by atoms with E-state index >= 15 is 0 Å². The van der Waals surface area contributed by atoms with Gasteiger partial charge in [0.05, 0.1) is 25.7 Å². The lowest BCUT2D eigenvalue weighted by molar-refractivity contribution is 0.198. The Bertz CT molecular complexity index is 3640. The molecule has 0 saturated carbocycles. The lowest BCUT2D eigenvalue weighted by Crippen LogP contribution is -2.21. The fraction of sp³-hybridized carbons (Fsp3) is 0.298. The monoisotopic (exact) mass is 1090 g/mol. The van der Waals surface area contributed by atoms with Gasteiger partial charge in [0.2, 0.25) is 19.7 Å². The normalized spacial score (nSPS) is 12.6. The van der Waals surface area contributed by atoms with Crippen LogP contribution in [0.25, 0.3) is 43.4 Å². The molecule has 10 rings (SSSR count). The molecule has 3 heterocycles. The van der Waals surface area contributed by atoms with Gasteiger partial charge < -0.3 is 25.3 Å². The van der Waals surface area contributed by atoms with Crippen molar-refractivity contribution >= 4 is 73.1 Å². The van der Waals surface area contributed by atoms with Crippen molar-refractivity contribution in [1.82, 2.24) is 25.7 Å². The molecule has 76 heavy (non-hydrogen) atoms. The molecule has 7 aromatic carbocycles. The summed E-state index contributed by atoms with van der Waals surface area (Å²) >= 11 is 0. The van der Waals surface area contributed by atoms with Crippen LogP contribution in [0.15, 0.2) is 170 Å². The SMILES string of the molecule is C1CCOC1.CCCCN.CCCCNCCOc1ccc2n[nH]c(S(=O)(=O)c3cccc4ccccc34)c2c1.Cc1ccc(S(=O)(=O)OCCOc2ccc3n[nH]c(S(=O)(=O)c4cccc5ccccc45)c3c2)cc1. The first-order chi connectivity index (χ1) is 36.8. The molecule has 2 aromatic heterocycles. The van der Waals surface area contributed by atoms with Crippen molar-refractivity contribution in [2.24, 2.45) is 5.73 Å². The van der Waals surface area contributed by atoms with Crippen LogP contribution in [0.1, 0.15) is 57.9 Å². The molecular formula is C57H66N6O10S3. The summed E-state index contributed by atoms with van der Waals surface area (Å²) in [6, 6.07) is 41.6. The first kappa shape index (κ1) is 57.0. The third-order valence-electron chi connectivity index (χ3n) is 12.1. The van der Waals surface area contributed by atoms with Crippen LogP contribution in [0.4, 0.5) is 0 Å². The number of hydrogen-bond donors (Lipinski definition) is 4. The Morgan fingerprint density at radius 2 is 1.07 bits per heavy atom. The number of rotatable bonds is 19. The molecule has 0 amide bonds. The second kappa shape index (κ2) is 27.4. The molecule has 0 unspecified atom stereocenters. The first-order valence-corrected chi connectivity index (χ1v) is 29.8. The third-order valence-corrected chi connectivity index (χ3v) is 17.0. The minimum atomic E-state index is -3.92. The van der Waals surface area contributed by atoms with E-state index in [1.165, 1.54) is 37.8 Å². The zero-order valence-corrected chi connectivity index (χ0v) is 45.5. The van der Waals surface area contributed by atoms with Gasteiger partial charge in [0, 0.05) is 41.3 Å². The topological polar surface area (TPSA) is 235 Å². The van der Waals surface area contributed by atoms with Gasteiger partial charge in [0.25, 0.3) is 10.1 Å². The highest BCUT2D eigenvalue weighted by Gasteiger charge is 2.27. The van der Waals surface area contributed by atoms with Crippen LogP contribution in [-0.4, -0.2) is 98.3 Å². The highest BCUT2D eigenvalue weighted by atomic mass is 32.2. The highest BCUT2D eigenvalue weighted by molar-refractivity contribution is 7.92. The number of aromatic nitrogens is 4. The Labute approximate surface area is 445 Å². The van der Waals surface area contributed by atoms with Crippen LogP contribution < -0.4 is 20.5 Å². The van der Waals surface area contributed by atoms with Crippen molar-refractivity contribution in [1.29, 1.82) is 0 Å². The summed E-state index contributed by atoms with van der Waals surface area (Å²) < 4.78 is 100. The standard InChI is InChI=1S/C26H22N2O6S2.C23H25N3O3S.C4H11N.C4H8O/c1-18-9-12-21(13-10-18)36(31,32)34-16-15-33-20-11-14-24-23(17-20)26(28-27-24)35(29,30)25-8-4-6-19-5-2-3-7-22(19)25;1-2-3-13-24-14-15-29-18-11-12-21-20(16-18)23(26-25-21)30(27,28)22-10-6-8-17-7-4-5-9-19(17)22;1-2-3-4-5;1-2-4-5-3-1/h2-14,17H,15-16H2,1H3,(H,27,28);4-12,16,24H,2-3,13-15H2,1H3,(H,25,26);2-5H2,1H3;1-4H2. The number of nitrogens with one attached hydrogen (secondary N) is 3. The zero-order valence-electron chi connectivity index (χ0n) is 43.0. The molecule has 19 heteroatoms. The second-order valence-corrected chi connectivity index (χ2v) is 23.1. The summed E-state index contributed by atoms with van der Waals surface area (Å²) in [5.74, 6) is 0.977. The number of benzene rings is 7. The molecule has 1 aliphatic rings. The summed E-state index contributed by atoms with van der Waals surface area (Å²) in [7, 11) is -11.6. The first-order valence-electron chi connectivity index (χ1n) is 25.4. The fourth-order valence-electron chi connectivity index (χ4n) is 8.06. The molecule has 9 aromatic rings. The van der Waals surface area contributed by atoms with Crippen molar-refractivity contribution in [2.45, 2.75) is 84.0 Å². The maximum Gasteiger partial charge on any atom is 0.297 e.